The SMILES string of the molecule is CCCCCCCCCC.CCCCN1CCC(CNC(=O)c2ccc3ccccc3c2)NC(CCCNC(N)=NC)C1=O. The number of benzene rings is 2. The lowest BCUT2D eigenvalue weighted by Crippen LogP contribution is -2.49. The summed E-state index contributed by atoms with van der Waals surface area (Å²) in [5, 5.41) is 11.8. The number of fused-ring (bicyclic) bond motifs is 1. The number of unbranched alkanes of at least 4 members (excludes halogenated alkanes) is 8. The van der Waals surface area contributed by atoms with Gasteiger partial charge in [0.15, 0.2) is 5.96 Å². The van der Waals surface area contributed by atoms with E-state index < -0.39 is 0 Å². The van der Waals surface area contributed by atoms with Gasteiger partial charge in [-0.05, 0) is 48.6 Å². The van der Waals surface area contributed by atoms with Crippen LogP contribution in [-0.2, 0) is 4.79 Å². The van der Waals surface area contributed by atoms with Crippen LogP contribution in [0.4, 0.5) is 0 Å². The first-order chi connectivity index (χ1) is 21.4. The Hall–Kier alpha value is -3.13. The van der Waals surface area contributed by atoms with E-state index in [4.69, 9.17) is 5.73 Å². The summed E-state index contributed by atoms with van der Waals surface area (Å²) in [5.41, 5.74) is 6.34. The molecule has 0 aromatic heterocycles. The zero-order chi connectivity index (χ0) is 32.0. The van der Waals surface area contributed by atoms with Gasteiger partial charge in [-0.3, -0.25) is 14.6 Å². The minimum Gasteiger partial charge on any atom is -0.370 e. The Kier molecular flexibility index (Phi) is 18.9. The number of nitrogens with zero attached hydrogens (tertiary/aromatic N) is 2. The van der Waals surface area contributed by atoms with Gasteiger partial charge in [-0.25, -0.2) is 0 Å². The Balaban J connectivity index is 0.000000580. The number of carbonyl (C=O) groups is 2. The third kappa shape index (κ3) is 14.1. The zero-order valence-electron chi connectivity index (χ0n) is 28.0. The Morgan fingerprint density at radius 2 is 1.57 bits per heavy atom. The second-order valence-electron chi connectivity index (χ2n) is 12.0. The molecule has 0 radical (unpaired) electrons. The van der Waals surface area contributed by atoms with Crippen LogP contribution >= 0.6 is 0 Å². The Morgan fingerprint density at radius 3 is 2.23 bits per heavy atom. The van der Waals surface area contributed by atoms with Crippen molar-refractivity contribution in [3.05, 3.63) is 48.0 Å². The topological polar surface area (TPSA) is 112 Å². The monoisotopic (exact) mass is 608 g/mol. The van der Waals surface area contributed by atoms with Crippen molar-refractivity contribution < 1.29 is 9.59 Å². The molecule has 2 amide bonds. The largest absolute Gasteiger partial charge is 0.370 e. The molecule has 3 rings (SSSR count). The number of hydrogen-bond donors (Lipinski definition) is 4. The van der Waals surface area contributed by atoms with Gasteiger partial charge in [-0.2, -0.15) is 0 Å². The fourth-order valence-electron chi connectivity index (χ4n) is 5.48. The maximum absolute atomic E-state index is 13.2. The van der Waals surface area contributed by atoms with E-state index in [0.29, 0.717) is 37.6 Å². The van der Waals surface area contributed by atoms with E-state index in [-0.39, 0.29) is 23.9 Å². The van der Waals surface area contributed by atoms with E-state index in [2.05, 4.69) is 41.7 Å². The van der Waals surface area contributed by atoms with Gasteiger partial charge in [0.25, 0.3) is 5.91 Å². The molecular formula is C36H60N6O2. The number of carbonyl (C=O) groups excluding carboxylic acids is 2. The molecule has 1 aliphatic heterocycles. The van der Waals surface area contributed by atoms with Crippen molar-refractivity contribution in [1.29, 1.82) is 0 Å². The van der Waals surface area contributed by atoms with Crippen LogP contribution in [0.5, 0.6) is 0 Å². The molecule has 2 unspecified atom stereocenters. The fourth-order valence-corrected chi connectivity index (χ4v) is 5.48. The van der Waals surface area contributed by atoms with Gasteiger partial charge in [0.1, 0.15) is 0 Å². The first kappa shape index (κ1) is 37.1. The second-order valence-corrected chi connectivity index (χ2v) is 12.0. The molecular weight excluding hydrogens is 548 g/mol. The van der Waals surface area contributed by atoms with E-state index in [1.54, 1.807) is 7.05 Å². The number of guanidine groups is 1. The zero-order valence-corrected chi connectivity index (χ0v) is 28.0. The van der Waals surface area contributed by atoms with Crippen molar-refractivity contribution in [3.63, 3.8) is 0 Å². The smallest absolute Gasteiger partial charge is 0.251 e. The lowest BCUT2D eigenvalue weighted by atomic mass is 10.1. The molecule has 8 heteroatoms. The Morgan fingerprint density at radius 1 is 0.909 bits per heavy atom. The van der Waals surface area contributed by atoms with E-state index >= 15 is 0 Å². The lowest BCUT2D eigenvalue weighted by Gasteiger charge is -2.24. The van der Waals surface area contributed by atoms with Crippen LogP contribution in [0.2, 0.25) is 0 Å². The molecule has 2 aromatic carbocycles. The molecule has 1 heterocycles. The van der Waals surface area contributed by atoms with Gasteiger partial charge in [0, 0.05) is 44.8 Å². The van der Waals surface area contributed by atoms with Crippen LogP contribution < -0.4 is 21.7 Å². The van der Waals surface area contributed by atoms with Crippen molar-refractivity contribution in [2.45, 2.75) is 116 Å². The van der Waals surface area contributed by atoms with Crippen LogP contribution in [0.25, 0.3) is 10.8 Å². The van der Waals surface area contributed by atoms with Crippen molar-refractivity contribution in [2.75, 3.05) is 33.2 Å². The molecule has 1 aliphatic rings. The highest BCUT2D eigenvalue weighted by atomic mass is 16.2. The van der Waals surface area contributed by atoms with Gasteiger partial charge in [-0.15, -0.1) is 0 Å². The number of nitrogens with two attached hydrogens (primary N) is 1. The van der Waals surface area contributed by atoms with E-state index in [9.17, 15) is 9.59 Å². The minimum atomic E-state index is -0.275. The average Bonchev–Trinajstić information content (AvgIpc) is 3.20. The van der Waals surface area contributed by atoms with E-state index in [0.717, 1.165) is 43.0 Å². The first-order valence-electron chi connectivity index (χ1n) is 17.2. The van der Waals surface area contributed by atoms with Crippen LogP contribution in [0, 0.1) is 0 Å². The summed E-state index contributed by atoms with van der Waals surface area (Å²) in [5.74, 6) is 0.453. The molecule has 2 atom stereocenters. The summed E-state index contributed by atoms with van der Waals surface area (Å²) < 4.78 is 0. The molecule has 246 valence electrons. The van der Waals surface area contributed by atoms with Crippen molar-refractivity contribution in [1.82, 2.24) is 20.9 Å². The molecule has 0 aliphatic carbocycles. The molecule has 1 saturated heterocycles. The highest BCUT2D eigenvalue weighted by Crippen LogP contribution is 2.16. The third-order valence-corrected chi connectivity index (χ3v) is 8.27. The first-order valence-corrected chi connectivity index (χ1v) is 17.2. The third-order valence-electron chi connectivity index (χ3n) is 8.27. The molecule has 8 nitrogen and oxygen atoms in total. The van der Waals surface area contributed by atoms with Gasteiger partial charge in [0.2, 0.25) is 5.91 Å². The van der Waals surface area contributed by atoms with Crippen LogP contribution in [0.1, 0.15) is 115 Å². The summed E-state index contributed by atoms with van der Waals surface area (Å²) in [6.45, 7) is 9.29. The molecule has 0 spiro atoms. The van der Waals surface area contributed by atoms with Crippen molar-refractivity contribution >= 4 is 28.5 Å². The Labute approximate surface area is 267 Å². The summed E-state index contributed by atoms with van der Waals surface area (Å²) in [6, 6.07) is 13.5. The summed E-state index contributed by atoms with van der Waals surface area (Å²) in [7, 11) is 1.64. The fraction of sp³-hybridized carbons (Fsp3) is 0.639. The molecule has 44 heavy (non-hydrogen) atoms. The number of hydrogen-bond acceptors (Lipinski definition) is 4. The van der Waals surface area contributed by atoms with Gasteiger partial charge in [0.05, 0.1) is 6.04 Å². The number of nitrogens with one attached hydrogen (secondary N) is 3. The quantitative estimate of drug-likeness (QED) is 0.0945. The van der Waals surface area contributed by atoms with E-state index in [1.165, 1.54) is 51.4 Å². The van der Waals surface area contributed by atoms with Gasteiger partial charge >= 0.3 is 0 Å². The minimum absolute atomic E-state index is 0.0280. The Bertz CT molecular complexity index is 1110. The summed E-state index contributed by atoms with van der Waals surface area (Å²) in [6.07, 6.45) is 15.8. The second kappa shape index (κ2) is 22.4. The van der Waals surface area contributed by atoms with Crippen molar-refractivity contribution in [2.24, 2.45) is 10.7 Å². The predicted octanol–water partition coefficient (Wildman–Crippen LogP) is 6.39. The van der Waals surface area contributed by atoms with Crippen LogP contribution in [0.15, 0.2) is 47.5 Å². The van der Waals surface area contributed by atoms with Crippen LogP contribution in [-0.4, -0.2) is 68.0 Å². The van der Waals surface area contributed by atoms with Crippen molar-refractivity contribution in [3.8, 4) is 0 Å². The lowest BCUT2D eigenvalue weighted by molar-refractivity contribution is -0.132. The summed E-state index contributed by atoms with van der Waals surface area (Å²) in [4.78, 5) is 31.9. The average molecular weight is 609 g/mol. The molecule has 0 bridgehead atoms. The van der Waals surface area contributed by atoms with Gasteiger partial charge in [-0.1, -0.05) is 109 Å². The maximum Gasteiger partial charge on any atom is 0.251 e. The van der Waals surface area contributed by atoms with E-state index in [1.807, 2.05) is 47.4 Å². The predicted molar refractivity (Wildman–Crippen MR) is 186 cm³/mol. The highest BCUT2D eigenvalue weighted by Gasteiger charge is 2.30. The number of rotatable bonds is 17. The van der Waals surface area contributed by atoms with Gasteiger partial charge < -0.3 is 26.6 Å². The normalized spacial score (nSPS) is 17.1. The highest BCUT2D eigenvalue weighted by molar-refractivity contribution is 5.98. The maximum atomic E-state index is 13.2. The number of amides is 2. The molecule has 5 N–H and O–H groups in total. The van der Waals surface area contributed by atoms with Crippen LogP contribution in [0.3, 0.4) is 0 Å². The molecule has 1 fully saturated rings. The standard InChI is InChI=1S/C26H38N6O2.C10H22/c1-3-4-15-32-16-13-22(31-23(25(32)34)10-7-14-29-26(27)28-2)18-30-24(33)21-12-11-19-8-5-6-9-20(19)17-21;1-3-5-7-9-10-8-6-4-2/h5-6,8-9,11-12,17,22-23,31H,3-4,7,10,13-16,18H2,1-2H3,(H,30,33)(H3,27,28,29);3-10H2,1-2H3. The molecule has 2 aromatic rings. The molecule has 0 saturated carbocycles. The summed E-state index contributed by atoms with van der Waals surface area (Å²) >= 11 is 0. The number of aliphatic imine (C=N–C) groups is 1.